The van der Waals surface area contributed by atoms with Crippen LogP contribution in [0, 0.1) is 12.7 Å². The highest BCUT2D eigenvalue weighted by Gasteiger charge is 2.09. The zero-order valence-corrected chi connectivity index (χ0v) is 9.55. The first-order valence-electron chi connectivity index (χ1n) is 4.77. The van der Waals surface area contributed by atoms with Gasteiger partial charge in [0.15, 0.2) is 0 Å². The van der Waals surface area contributed by atoms with E-state index in [0.717, 1.165) is 17.0 Å². The van der Waals surface area contributed by atoms with Crippen molar-refractivity contribution in [2.24, 2.45) is 0 Å². The van der Waals surface area contributed by atoms with Crippen molar-refractivity contribution in [3.8, 4) is 0 Å². The molecule has 0 unspecified atom stereocenters. The molecule has 0 saturated heterocycles. The number of aryl methyl sites for hydroxylation is 1. The third kappa shape index (κ3) is 1.86. The first-order chi connectivity index (χ1) is 7.59. The Balaban J connectivity index is 2.45. The van der Waals surface area contributed by atoms with Crippen molar-refractivity contribution in [1.29, 1.82) is 0 Å². The molecular weight excluding hydrogens is 227 g/mol. The van der Waals surface area contributed by atoms with Gasteiger partial charge in [0.05, 0.1) is 6.54 Å². The molecule has 0 amide bonds. The molecule has 0 atom stereocenters. The van der Waals surface area contributed by atoms with E-state index in [1.165, 1.54) is 10.6 Å². The van der Waals surface area contributed by atoms with Gasteiger partial charge in [0.2, 0.25) is 0 Å². The number of halogens is 1. The Hall–Kier alpha value is -1.62. The second kappa shape index (κ2) is 4.09. The van der Waals surface area contributed by atoms with Crippen LogP contribution in [-0.4, -0.2) is 4.57 Å². The second-order valence-corrected chi connectivity index (χ2v) is 4.36. The van der Waals surface area contributed by atoms with Crippen LogP contribution in [0.5, 0.6) is 0 Å². The fourth-order valence-electron chi connectivity index (χ4n) is 1.50. The average molecular weight is 238 g/mol. The molecule has 2 aromatic rings. The Morgan fingerprint density at radius 3 is 2.81 bits per heavy atom. The quantitative estimate of drug-likeness (QED) is 0.813. The van der Waals surface area contributed by atoms with Gasteiger partial charge >= 0.3 is 4.87 Å². The predicted octanol–water partition coefficient (Wildman–Crippen LogP) is 1.99. The summed E-state index contributed by atoms with van der Waals surface area (Å²) in [4.78, 5) is 11.4. The Bertz CT molecular complexity index is 553. The molecule has 84 valence electrons. The molecule has 0 aliphatic heterocycles. The van der Waals surface area contributed by atoms with Crippen LogP contribution in [-0.2, 0) is 6.54 Å². The third-order valence-electron chi connectivity index (χ3n) is 2.45. The van der Waals surface area contributed by atoms with E-state index in [4.69, 9.17) is 5.73 Å². The summed E-state index contributed by atoms with van der Waals surface area (Å²) in [6.45, 7) is 2.00. The van der Waals surface area contributed by atoms with Crippen molar-refractivity contribution in [1.82, 2.24) is 4.57 Å². The monoisotopic (exact) mass is 238 g/mol. The summed E-state index contributed by atoms with van der Waals surface area (Å²) in [5.41, 5.74) is 7.24. The molecule has 16 heavy (non-hydrogen) atoms. The zero-order valence-electron chi connectivity index (χ0n) is 8.74. The summed E-state index contributed by atoms with van der Waals surface area (Å²) in [5.74, 6) is -0.377. The summed E-state index contributed by atoms with van der Waals surface area (Å²) >= 11 is 1.11. The maximum absolute atomic E-state index is 13.5. The fourth-order valence-corrected chi connectivity index (χ4v) is 2.23. The van der Waals surface area contributed by atoms with Crippen molar-refractivity contribution in [3.05, 3.63) is 50.3 Å². The molecule has 0 spiro atoms. The highest BCUT2D eigenvalue weighted by Crippen LogP contribution is 2.17. The van der Waals surface area contributed by atoms with E-state index in [2.05, 4.69) is 0 Å². The molecule has 2 rings (SSSR count). The number of rotatable bonds is 2. The van der Waals surface area contributed by atoms with Crippen LogP contribution in [0.1, 0.15) is 11.3 Å². The molecule has 1 aromatic carbocycles. The number of aromatic nitrogens is 1. The van der Waals surface area contributed by atoms with Crippen LogP contribution < -0.4 is 10.6 Å². The number of hydrogen-bond acceptors (Lipinski definition) is 3. The Morgan fingerprint density at radius 1 is 1.50 bits per heavy atom. The van der Waals surface area contributed by atoms with E-state index >= 15 is 0 Å². The van der Waals surface area contributed by atoms with Gasteiger partial charge in [0.1, 0.15) is 5.82 Å². The second-order valence-electron chi connectivity index (χ2n) is 3.54. The van der Waals surface area contributed by atoms with Gasteiger partial charge in [-0.3, -0.25) is 9.36 Å². The number of nitrogens with zero attached hydrogens (tertiary/aromatic N) is 1. The molecule has 0 radical (unpaired) electrons. The van der Waals surface area contributed by atoms with Gasteiger partial charge in [-0.1, -0.05) is 17.4 Å². The lowest BCUT2D eigenvalue weighted by atomic mass is 10.1. The number of anilines is 1. The van der Waals surface area contributed by atoms with Crippen LogP contribution in [0.2, 0.25) is 0 Å². The van der Waals surface area contributed by atoms with E-state index in [1.807, 2.05) is 6.92 Å². The van der Waals surface area contributed by atoms with Crippen molar-refractivity contribution in [2.75, 3.05) is 5.73 Å². The number of thiazole rings is 1. The Kier molecular flexibility index (Phi) is 2.78. The van der Waals surface area contributed by atoms with Gasteiger partial charge in [0, 0.05) is 22.3 Å². The molecule has 3 nitrogen and oxygen atoms in total. The fraction of sp³-hybridized carbons (Fsp3) is 0.182. The van der Waals surface area contributed by atoms with E-state index in [1.54, 1.807) is 17.5 Å². The topological polar surface area (TPSA) is 48.0 Å². The molecule has 0 bridgehead atoms. The lowest BCUT2D eigenvalue weighted by molar-refractivity contribution is 0.597. The summed E-state index contributed by atoms with van der Waals surface area (Å²) in [7, 11) is 0. The molecule has 1 heterocycles. The molecule has 0 fully saturated rings. The van der Waals surface area contributed by atoms with Crippen molar-refractivity contribution in [2.45, 2.75) is 13.5 Å². The van der Waals surface area contributed by atoms with Gasteiger partial charge in [0.25, 0.3) is 0 Å². The average Bonchev–Trinajstić information content (AvgIpc) is 2.54. The highest BCUT2D eigenvalue weighted by atomic mass is 32.1. The van der Waals surface area contributed by atoms with Crippen LogP contribution in [0.4, 0.5) is 10.1 Å². The van der Waals surface area contributed by atoms with Gasteiger partial charge < -0.3 is 5.73 Å². The first-order valence-corrected chi connectivity index (χ1v) is 5.65. The first kappa shape index (κ1) is 10.9. The van der Waals surface area contributed by atoms with E-state index in [9.17, 15) is 9.18 Å². The number of hydrogen-bond donors (Lipinski definition) is 1. The molecule has 0 saturated carbocycles. The van der Waals surface area contributed by atoms with Crippen LogP contribution in [0.3, 0.4) is 0 Å². The van der Waals surface area contributed by atoms with E-state index in [-0.39, 0.29) is 17.2 Å². The molecule has 0 aliphatic carbocycles. The van der Waals surface area contributed by atoms with Gasteiger partial charge in [-0.25, -0.2) is 4.39 Å². The summed E-state index contributed by atoms with van der Waals surface area (Å²) in [5, 5.41) is 1.75. The van der Waals surface area contributed by atoms with Crippen LogP contribution in [0.25, 0.3) is 0 Å². The summed E-state index contributed by atoms with van der Waals surface area (Å²) in [6.07, 6.45) is 0. The molecule has 5 heteroatoms. The molecular formula is C11H11FN2OS. The zero-order chi connectivity index (χ0) is 11.7. The smallest absolute Gasteiger partial charge is 0.307 e. The number of benzene rings is 1. The Labute approximate surface area is 96.0 Å². The lowest BCUT2D eigenvalue weighted by Gasteiger charge is -2.08. The predicted molar refractivity (Wildman–Crippen MR) is 63.2 cm³/mol. The van der Waals surface area contributed by atoms with E-state index < -0.39 is 0 Å². The minimum atomic E-state index is -0.377. The van der Waals surface area contributed by atoms with Crippen molar-refractivity contribution in [3.63, 3.8) is 0 Å². The van der Waals surface area contributed by atoms with Gasteiger partial charge in [-0.05, 0) is 19.1 Å². The standard InChI is InChI=1S/C11H11FN2OS/c1-7-6-16-11(15)14(7)5-8-9(12)3-2-4-10(8)13/h2-4,6H,5,13H2,1H3. The lowest BCUT2D eigenvalue weighted by Crippen LogP contribution is -2.17. The van der Waals surface area contributed by atoms with Gasteiger partial charge in [-0.15, -0.1) is 0 Å². The molecule has 0 aliphatic rings. The maximum Gasteiger partial charge on any atom is 0.307 e. The number of nitrogens with two attached hydrogens (primary N) is 1. The van der Waals surface area contributed by atoms with E-state index in [0.29, 0.717) is 11.3 Å². The minimum absolute atomic E-state index is 0.0971. The molecule has 1 aromatic heterocycles. The SMILES string of the molecule is Cc1csc(=O)n1Cc1c(N)cccc1F. The largest absolute Gasteiger partial charge is 0.398 e. The minimum Gasteiger partial charge on any atom is -0.398 e. The highest BCUT2D eigenvalue weighted by molar-refractivity contribution is 7.07. The normalized spacial score (nSPS) is 10.6. The van der Waals surface area contributed by atoms with Crippen molar-refractivity contribution < 1.29 is 4.39 Å². The summed E-state index contributed by atoms with van der Waals surface area (Å²) < 4.78 is 15.0. The Morgan fingerprint density at radius 2 is 2.25 bits per heavy atom. The van der Waals surface area contributed by atoms with Crippen molar-refractivity contribution >= 4 is 17.0 Å². The maximum atomic E-state index is 13.5. The van der Waals surface area contributed by atoms with Gasteiger partial charge in [-0.2, -0.15) is 0 Å². The third-order valence-corrected chi connectivity index (χ3v) is 3.33. The number of nitrogen functional groups attached to an aromatic ring is 1. The summed E-state index contributed by atoms with van der Waals surface area (Å²) in [6, 6.07) is 4.53. The molecule has 2 N–H and O–H groups in total. The van der Waals surface area contributed by atoms with Crippen LogP contribution in [0.15, 0.2) is 28.4 Å². The van der Waals surface area contributed by atoms with Crippen LogP contribution >= 0.6 is 11.3 Å².